The van der Waals surface area contributed by atoms with Gasteiger partial charge in [-0.2, -0.15) is 11.8 Å². The van der Waals surface area contributed by atoms with Crippen molar-refractivity contribution in [3.63, 3.8) is 0 Å². The zero-order chi connectivity index (χ0) is 11.4. The second-order valence-electron chi connectivity index (χ2n) is 6.44. The highest BCUT2D eigenvalue weighted by Crippen LogP contribution is 2.34. The minimum absolute atomic E-state index is 0.547. The molecule has 0 radical (unpaired) electrons. The normalized spacial score (nSPS) is 32.2. The van der Waals surface area contributed by atoms with E-state index in [4.69, 9.17) is 0 Å². The van der Waals surface area contributed by atoms with Crippen LogP contribution in [0.15, 0.2) is 0 Å². The van der Waals surface area contributed by atoms with Gasteiger partial charge >= 0.3 is 0 Å². The van der Waals surface area contributed by atoms with Crippen LogP contribution in [0, 0.1) is 5.41 Å². The molecule has 1 aliphatic heterocycles. The first kappa shape index (κ1) is 12.8. The van der Waals surface area contributed by atoms with E-state index >= 15 is 0 Å². The van der Waals surface area contributed by atoms with Gasteiger partial charge in [0.2, 0.25) is 0 Å². The van der Waals surface area contributed by atoms with Crippen LogP contribution in [0.2, 0.25) is 0 Å². The molecule has 2 aliphatic rings. The van der Waals surface area contributed by atoms with Crippen LogP contribution in [0.1, 0.15) is 58.8 Å². The summed E-state index contributed by atoms with van der Waals surface area (Å²) >= 11 is 2.14. The summed E-state index contributed by atoms with van der Waals surface area (Å²) in [5.41, 5.74) is 0.547. The number of thioether (sulfide) groups is 1. The summed E-state index contributed by atoms with van der Waals surface area (Å²) < 4.78 is 0. The van der Waals surface area contributed by atoms with Gasteiger partial charge in [0.05, 0.1) is 0 Å². The van der Waals surface area contributed by atoms with Crippen molar-refractivity contribution < 1.29 is 0 Å². The lowest BCUT2D eigenvalue weighted by Crippen LogP contribution is -2.45. The SMILES string of the molecule is CC1(C)CSCC(NC2CCCCCC2)C1. The monoisotopic (exact) mass is 241 g/mol. The Bertz CT molecular complexity index is 207. The summed E-state index contributed by atoms with van der Waals surface area (Å²) in [6, 6.07) is 1.60. The second kappa shape index (κ2) is 5.77. The molecular weight excluding hydrogens is 214 g/mol. The van der Waals surface area contributed by atoms with Gasteiger partial charge in [-0.15, -0.1) is 0 Å². The fourth-order valence-electron chi connectivity index (χ4n) is 3.15. The van der Waals surface area contributed by atoms with Gasteiger partial charge in [-0.25, -0.2) is 0 Å². The molecule has 2 heteroatoms. The van der Waals surface area contributed by atoms with E-state index in [9.17, 15) is 0 Å². The Kier molecular flexibility index (Phi) is 4.60. The predicted molar refractivity (Wildman–Crippen MR) is 74.1 cm³/mol. The van der Waals surface area contributed by atoms with Crippen LogP contribution in [0.3, 0.4) is 0 Å². The van der Waals surface area contributed by atoms with Crippen LogP contribution in [0.4, 0.5) is 0 Å². The lowest BCUT2D eigenvalue weighted by Gasteiger charge is -2.37. The zero-order valence-corrected chi connectivity index (χ0v) is 11.7. The molecule has 16 heavy (non-hydrogen) atoms. The van der Waals surface area contributed by atoms with Crippen LogP contribution in [0.5, 0.6) is 0 Å². The first-order chi connectivity index (χ1) is 7.66. The molecule has 1 heterocycles. The number of rotatable bonds is 2. The summed E-state index contributed by atoms with van der Waals surface area (Å²) in [7, 11) is 0. The molecule has 94 valence electrons. The third kappa shape index (κ3) is 3.96. The Morgan fingerprint density at radius 1 is 1.00 bits per heavy atom. The summed E-state index contributed by atoms with van der Waals surface area (Å²) in [5.74, 6) is 2.68. The maximum atomic E-state index is 3.93. The van der Waals surface area contributed by atoms with E-state index in [0.717, 1.165) is 12.1 Å². The molecule has 1 N–H and O–H groups in total. The van der Waals surface area contributed by atoms with E-state index in [0.29, 0.717) is 5.41 Å². The maximum Gasteiger partial charge on any atom is 0.0166 e. The van der Waals surface area contributed by atoms with Gasteiger partial charge in [0.1, 0.15) is 0 Å². The number of hydrogen-bond acceptors (Lipinski definition) is 2. The van der Waals surface area contributed by atoms with Crippen LogP contribution < -0.4 is 5.32 Å². The van der Waals surface area contributed by atoms with E-state index in [2.05, 4.69) is 30.9 Å². The third-order valence-corrected chi connectivity index (χ3v) is 5.56. The molecule has 1 saturated carbocycles. The van der Waals surface area contributed by atoms with E-state index in [1.54, 1.807) is 0 Å². The van der Waals surface area contributed by atoms with Crippen molar-refractivity contribution in [3.8, 4) is 0 Å². The summed E-state index contributed by atoms with van der Waals surface area (Å²) in [6.45, 7) is 4.84. The van der Waals surface area contributed by atoms with Gasteiger partial charge < -0.3 is 5.32 Å². The molecule has 0 aromatic heterocycles. The lowest BCUT2D eigenvalue weighted by atomic mass is 9.87. The molecule has 1 aliphatic carbocycles. The molecule has 2 fully saturated rings. The van der Waals surface area contributed by atoms with Crippen LogP contribution in [-0.2, 0) is 0 Å². The van der Waals surface area contributed by atoms with Crippen LogP contribution in [-0.4, -0.2) is 23.6 Å². The highest BCUT2D eigenvalue weighted by atomic mass is 32.2. The average molecular weight is 241 g/mol. The molecule has 2 rings (SSSR count). The van der Waals surface area contributed by atoms with Gasteiger partial charge in [-0.05, 0) is 30.4 Å². The van der Waals surface area contributed by atoms with E-state index in [-0.39, 0.29) is 0 Å². The molecule has 0 aromatic rings. The fourth-order valence-corrected chi connectivity index (χ4v) is 4.44. The Labute approximate surface area is 105 Å². The Balaban J connectivity index is 1.79. The lowest BCUT2D eigenvalue weighted by molar-refractivity contribution is 0.291. The van der Waals surface area contributed by atoms with Crippen molar-refractivity contribution in [1.82, 2.24) is 5.32 Å². The van der Waals surface area contributed by atoms with Gasteiger partial charge in [0.15, 0.2) is 0 Å². The van der Waals surface area contributed by atoms with Crippen molar-refractivity contribution >= 4 is 11.8 Å². The average Bonchev–Trinajstić information content (AvgIpc) is 2.45. The van der Waals surface area contributed by atoms with Gasteiger partial charge in [-0.1, -0.05) is 39.5 Å². The maximum absolute atomic E-state index is 3.93. The second-order valence-corrected chi connectivity index (χ2v) is 7.47. The van der Waals surface area contributed by atoms with E-state index in [1.165, 1.54) is 56.5 Å². The number of hydrogen-bond donors (Lipinski definition) is 1. The first-order valence-corrected chi connectivity index (χ1v) is 8.15. The molecule has 0 amide bonds. The topological polar surface area (TPSA) is 12.0 Å². The number of nitrogens with one attached hydrogen (secondary N) is 1. The first-order valence-electron chi connectivity index (χ1n) is 6.99. The quantitative estimate of drug-likeness (QED) is 0.737. The highest BCUT2D eigenvalue weighted by Gasteiger charge is 2.29. The fraction of sp³-hybridized carbons (Fsp3) is 1.00. The van der Waals surface area contributed by atoms with Crippen LogP contribution >= 0.6 is 11.8 Å². The molecule has 0 spiro atoms. The minimum Gasteiger partial charge on any atom is -0.310 e. The van der Waals surface area contributed by atoms with E-state index < -0.39 is 0 Å². The molecule has 0 bridgehead atoms. The standard InChI is InChI=1S/C14H27NS/c1-14(2)9-13(10-16-11-14)15-12-7-5-3-4-6-8-12/h12-13,15H,3-11H2,1-2H3. The van der Waals surface area contributed by atoms with Gasteiger partial charge in [0, 0.05) is 17.8 Å². The van der Waals surface area contributed by atoms with Crippen LogP contribution in [0.25, 0.3) is 0 Å². The molecule has 1 saturated heterocycles. The highest BCUT2D eigenvalue weighted by molar-refractivity contribution is 7.99. The van der Waals surface area contributed by atoms with Crippen molar-refractivity contribution in [1.29, 1.82) is 0 Å². The van der Waals surface area contributed by atoms with E-state index in [1.807, 2.05) is 0 Å². The molecule has 1 unspecified atom stereocenters. The van der Waals surface area contributed by atoms with Gasteiger partial charge in [-0.3, -0.25) is 0 Å². The zero-order valence-electron chi connectivity index (χ0n) is 10.9. The largest absolute Gasteiger partial charge is 0.310 e. The smallest absolute Gasteiger partial charge is 0.0166 e. The van der Waals surface area contributed by atoms with Gasteiger partial charge in [0.25, 0.3) is 0 Å². The minimum atomic E-state index is 0.547. The molecular formula is C14H27NS. The summed E-state index contributed by atoms with van der Waals surface area (Å²) in [6.07, 6.45) is 10.0. The third-order valence-electron chi connectivity index (χ3n) is 3.94. The van der Waals surface area contributed by atoms with Crippen molar-refractivity contribution in [2.24, 2.45) is 5.41 Å². The Hall–Kier alpha value is 0.310. The molecule has 0 aromatic carbocycles. The van der Waals surface area contributed by atoms with Crippen molar-refractivity contribution in [3.05, 3.63) is 0 Å². The Morgan fingerprint density at radius 3 is 2.31 bits per heavy atom. The summed E-state index contributed by atoms with van der Waals surface area (Å²) in [5, 5.41) is 3.93. The summed E-state index contributed by atoms with van der Waals surface area (Å²) in [4.78, 5) is 0. The van der Waals surface area contributed by atoms with Crippen molar-refractivity contribution in [2.75, 3.05) is 11.5 Å². The predicted octanol–water partition coefficient (Wildman–Crippen LogP) is 3.83. The molecule has 1 nitrogen and oxygen atoms in total. The van der Waals surface area contributed by atoms with Crippen molar-refractivity contribution in [2.45, 2.75) is 70.9 Å². The molecule has 1 atom stereocenters. The Morgan fingerprint density at radius 2 is 1.69 bits per heavy atom.